The van der Waals surface area contributed by atoms with E-state index < -0.39 is 5.82 Å². The molecule has 0 bridgehead atoms. The molecule has 2 heterocycles. The lowest BCUT2D eigenvalue weighted by molar-refractivity contribution is 0.432. The van der Waals surface area contributed by atoms with Gasteiger partial charge in [0, 0.05) is 22.2 Å². The van der Waals surface area contributed by atoms with Crippen molar-refractivity contribution in [3.8, 4) is 28.9 Å². The first-order valence-electron chi connectivity index (χ1n) is 8.40. The standard InChI is InChI=1S/C20H13FN4O/c21-13-5-6-14(12(8-13)10-22)20-24-19(25-26-20)11-4-7-18-16(9-11)15-2-1-3-17(15)23-18/h4-9,23H,1-3H2. The zero-order valence-electron chi connectivity index (χ0n) is 13.7. The van der Waals surface area contributed by atoms with Gasteiger partial charge in [0.2, 0.25) is 5.82 Å². The predicted molar refractivity (Wildman–Crippen MR) is 93.7 cm³/mol. The molecule has 0 amide bonds. The van der Waals surface area contributed by atoms with Crippen LogP contribution in [-0.4, -0.2) is 15.1 Å². The van der Waals surface area contributed by atoms with Crippen LogP contribution in [0.25, 0.3) is 33.7 Å². The lowest BCUT2D eigenvalue weighted by Gasteiger charge is -1.98. The summed E-state index contributed by atoms with van der Waals surface area (Å²) in [6.45, 7) is 0. The number of hydrogen-bond donors (Lipinski definition) is 1. The van der Waals surface area contributed by atoms with Gasteiger partial charge in [-0.25, -0.2) is 4.39 Å². The molecule has 0 aliphatic heterocycles. The second-order valence-electron chi connectivity index (χ2n) is 6.42. The van der Waals surface area contributed by atoms with E-state index in [1.54, 1.807) is 0 Å². The van der Waals surface area contributed by atoms with Crippen molar-refractivity contribution in [3.05, 3.63) is 59.0 Å². The van der Waals surface area contributed by atoms with Crippen molar-refractivity contribution in [1.82, 2.24) is 15.1 Å². The SMILES string of the molecule is N#Cc1cc(F)ccc1-c1nc(-c2ccc3[nH]c4c(c3c2)CCC4)no1. The molecular formula is C20H13FN4O. The van der Waals surface area contributed by atoms with Crippen LogP contribution in [0.2, 0.25) is 0 Å². The Morgan fingerprint density at radius 3 is 2.96 bits per heavy atom. The number of nitriles is 1. The summed E-state index contributed by atoms with van der Waals surface area (Å²) < 4.78 is 18.7. The Bertz CT molecular complexity index is 1200. The highest BCUT2D eigenvalue weighted by Gasteiger charge is 2.19. The van der Waals surface area contributed by atoms with Crippen LogP contribution in [0, 0.1) is 17.1 Å². The van der Waals surface area contributed by atoms with Crippen molar-refractivity contribution >= 4 is 10.9 Å². The maximum Gasteiger partial charge on any atom is 0.259 e. The number of nitrogens with one attached hydrogen (secondary N) is 1. The van der Waals surface area contributed by atoms with Gasteiger partial charge < -0.3 is 9.51 Å². The molecule has 2 aromatic carbocycles. The Kier molecular flexibility index (Phi) is 3.16. The van der Waals surface area contributed by atoms with Gasteiger partial charge >= 0.3 is 0 Å². The number of benzene rings is 2. The quantitative estimate of drug-likeness (QED) is 0.585. The molecule has 0 radical (unpaired) electrons. The summed E-state index contributed by atoms with van der Waals surface area (Å²) in [5, 5.41) is 14.4. The number of hydrogen-bond acceptors (Lipinski definition) is 4. The smallest absolute Gasteiger partial charge is 0.259 e. The Labute approximate surface area is 148 Å². The van der Waals surface area contributed by atoms with E-state index in [2.05, 4.69) is 21.2 Å². The van der Waals surface area contributed by atoms with Crippen LogP contribution in [0.5, 0.6) is 0 Å². The molecule has 4 aromatic rings. The van der Waals surface area contributed by atoms with E-state index in [1.165, 1.54) is 35.2 Å². The molecule has 0 saturated carbocycles. The summed E-state index contributed by atoms with van der Waals surface area (Å²) in [6, 6.07) is 11.9. The second kappa shape index (κ2) is 5.53. The van der Waals surface area contributed by atoms with Gasteiger partial charge in [-0.2, -0.15) is 10.2 Å². The molecule has 6 heteroatoms. The number of aryl methyl sites for hydroxylation is 2. The molecule has 0 unspecified atom stereocenters. The predicted octanol–water partition coefficient (Wildman–Crippen LogP) is 4.38. The van der Waals surface area contributed by atoms with E-state index in [4.69, 9.17) is 4.52 Å². The molecule has 0 saturated heterocycles. The molecule has 0 fully saturated rings. The normalized spacial score (nSPS) is 13.1. The van der Waals surface area contributed by atoms with Crippen LogP contribution in [0.3, 0.4) is 0 Å². The van der Waals surface area contributed by atoms with Crippen LogP contribution >= 0.6 is 0 Å². The highest BCUT2D eigenvalue weighted by Crippen LogP contribution is 2.33. The summed E-state index contributed by atoms with van der Waals surface area (Å²) in [7, 11) is 0. The topological polar surface area (TPSA) is 78.5 Å². The molecule has 1 aliphatic carbocycles. The van der Waals surface area contributed by atoms with Gasteiger partial charge in [-0.3, -0.25) is 0 Å². The minimum atomic E-state index is -0.475. The Balaban J connectivity index is 1.59. The zero-order chi connectivity index (χ0) is 17.7. The fourth-order valence-electron chi connectivity index (χ4n) is 3.63. The Morgan fingerprint density at radius 2 is 2.08 bits per heavy atom. The van der Waals surface area contributed by atoms with Gasteiger partial charge in [0.05, 0.1) is 11.1 Å². The maximum absolute atomic E-state index is 13.3. The largest absolute Gasteiger partial charge is 0.358 e. The average Bonchev–Trinajstić information content (AvgIpc) is 3.37. The van der Waals surface area contributed by atoms with Gasteiger partial charge in [0.15, 0.2) is 0 Å². The molecule has 26 heavy (non-hydrogen) atoms. The third-order valence-corrected chi connectivity index (χ3v) is 4.86. The minimum Gasteiger partial charge on any atom is -0.358 e. The van der Waals surface area contributed by atoms with Crippen LogP contribution in [-0.2, 0) is 12.8 Å². The summed E-state index contributed by atoms with van der Waals surface area (Å²) in [4.78, 5) is 7.88. The number of H-pyrrole nitrogens is 1. The molecule has 0 spiro atoms. The fourth-order valence-corrected chi connectivity index (χ4v) is 3.63. The molecule has 1 aliphatic rings. The molecule has 2 aromatic heterocycles. The molecule has 5 rings (SSSR count). The van der Waals surface area contributed by atoms with E-state index in [0.29, 0.717) is 11.4 Å². The van der Waals surface area contributed by atoms with E-state index >= 15 is 0 Å². The van der Waals surface area contributed by atoms with Crippen molar-refractivity contribution in [2.24, 2.45) is 0 Å². The third-order valence-electron chi connectivity index (χ3n) is 4.86. The number of aromatic nitrogens is 3. The highest BCUT2D eigenvalue weighted by atomic mass is 19.1. The monoisotopic (exact) mass is 344 g/mol. The first-order valence-corrected chi connectivity index (χ1v) is 8.40. The van der Waals surface area contributed by atoms with Crippen molar-refractivity contribution in [2.75, 3.05) is 0 Å². The summed E-state index contributed by atoms with van der Waals surface area (Å²) in [5.74, 6) is 0.177. The third kappa shape index (κ3) is 2.21. The van der Waals surface area contributed by atoms with Crippen molar-refractivity contribution < 1.29 is 8.91 Å². The first-order chi connectivity index (χ1) is 12.7. The van der Waals surface area contributed by atoms with E-state index in [1.807, 2.05) is 18.2 Å². The van der Waals surface area contributed by atoms with Gasteiger partial charge in [-0.05, 0) is 61.2 Å². The van der Waals surface area contributed by atoms with Crippen molar-refractivity contribution in [1.29, 1.82) is 5.26 Å². The number of nitrogens with zero attached hydrogens (tertiary/aromatic N) is 3. The lowest BCUT2D eigenvalue weighted by atomic mass is 10.1. The van der Waals surface area contributed by atoms with E-state index in [0.717, 1.165) is 30.0 Å². The van der Waals surface area contributed by atoms with Crippen molar-refractivity contribution in [3.63, 3.8) is 0 Å². The summed E-state index contributed by atoms with van der Waals surface area (Å²) >= 11 is 0. The molecule has 5 nitrogen and oxygen atoms in total. The van der Waals surface area contributed by atoms with E-state index in [-0.39, 0.29) is 11.5 Å². The number of fused-ring (bicyclic) bond motifs is 3. The molecular weight excluding hydrogens is 331 g/mol. The molecule has 1 N–H and O–H groups in total. The van der Waals surface area contributed by atoms with Gasteiger partial charge in [0.25, 0.3) is 5.89 Å². The number of aromatic amines is 1. The summed E-state index contributed by atoms with van der Waals surface area (Å²) in [5.41, 5.74) is 5.25. The van der Waals surface area contributed by atoms with Gasteiger partial charge in [-0.1, -0.05) is 5.16 Å². The average molecular weight is 344 g/mol. The van der Waals surface area contributed by atoms with Crippen molar-refractivity contribution in [2.45, 2.75) is 19.3 Å². The zero-order valence-corrected chi connectivity index (χ0v) is 13.7. The van der Waals surface area contributed by atoms with Crippen LogP contribution in [0.15, 0.2) is 40.9 Å². The van der Waals surface area contributed by atoms with Crippen LogP contribution in [0.1, 0.15) is 23.2 Å². The second-order valence-corrected chi connectivity index (χ2v) is 6.42. The summed E-state index contributed by atoms with van der Waals surface area (Å²) in [6.07, 6.45) is 3.35. The van der Waals surface area contributed by atoms with Crippen LogP contribution in [0.4, 0.5) is 4.39 Å². The minimum absolute atomic E-state index is 0.166. The number of rotatable bonds is 2. The number of halogens is 1. The van der Waals surface area contributed by atoms with Crippen LogP contribution < -0.4 is 0 Å². The maximum atomic E-state index is 13.3. The highest BCUT2D eigenvalue weighted by molar-refractivity contribution is 5.89. The van der Waals surface area contributed by atoms with E-state index in [9.17, 15) is 9.65 Å². The Hall–Kier alpha value is -3.46. The first kappa shape index (κ1) is 14.8. The fraction of sp³-hybridized carbons (Fsp3) is 0.150. The van der Waals surface area contributed by atoms with Gasteiger partial charge in [-0.15, -0.1) is 0 Å². The Morgan fingerprint density at radius 1 is 1.15 bits per heavy atom. The molecule has 126 valence electrons. The van der Waals surface area contributed by atoms with Gasteiger partial charge in [0.1, 0.15) is 11.9 Å². The molecule has 0 atom stereocenters. The lowest BCUT2D eigenvalue weighted by Crippen LogP contribution is -1.87.